The normalized spacial score (nSPS) is 12.1. The number of para-hydroxylation sites is 2. The van der Waals surface area contributed by atoms with Gasteiger partial charge < -0.3 is 4.90 Å². The topological polar surface area (TPSA) is 38.1 Å². The van der Waals surface area contributed by atoms with Crippen LogP contribution < -0.4 is 0 Å². The molecule has 0 aliphatic rings. The highest BCUT2D eigenvalue weighted by Gasteiger charge is 2.20. The van der Waals surface area contributed by atoms with Gasteiger partial charge >= 0.3 is 0 Å². The van der Waals surface area contributed by atoms with Crippen LogP contribution in [0.25, 0.3) is 16.7 Å². The molecule has 0 bridgehead atoms. The molecule has 0 spiro atoms. The van der Waals surface area contributed by atoms with Crippen LogP contribution in [0.15, 0.2) is 73.1 Å². The third-order valence-electron chi connectivity index (χ3n) is 5.17. The summed E-state index contributed by atoms with van der Waals surface area (Å²) in [5.74, 6) is -2.03. The molecule has 6 heteroatoms. The highest BCUT2D eigenvalue weighted by molar-refractivity contribution is 5.94. The minimum atomic E-state index is -0.924. The van der Waals surface area contributed by atoms with Crippen molar-refractivity contribution in [1.82, 2.24) is 14.5 Å². The van der Waals surface area contributed by atoms with Crippen molar-refractivity contribution in [2.75, 3.05) is 7.05 Å². The van der Waals surface area contributed by atoms with Crippen molar-refractivity contribution in [2.24, 2.45) is 0 Å². The van der Waals surface area contributed by atoms with Crippen molar-refractivity contribution < 1.29 is 13.6 Å². The number of fused-ring (bicyclic) bond motifs is 1. The molecular formula is C23H19F2N3O. The smallest absolute Gasteiger partial charge is 0.254 e. The van der Waals surface area contributed by atoms with Gasteiger partial charge in [0, 0.05) is 18.3 Å². The Morgan fingerprint density at radius 2 is 1.72 bits per heavy atom. The number of nitrogens with zero attached hydrogens (tertiary/aromatic N) is 3. The van der Waals surface area contributed by atoms with Crippen LogP contribution in [0.3, 0.4) is 0 Å². The maximum absolute atomic E-state index is 13.5. The van der Waals surface area contributed by atoms with Gasteiger partial charge in [0.1, 0.15) is 6.33 Å². The van der Waals surface area contributed by atoms with E-state index in [2.05, 4.69) is 4.98 Å². The third kappa shape index (κ3) is 3.49. The Hall–Kier alpha value is -3.54. The zero-order valence-electron chi connectivity index (χ0n) is 16.0. The van der Waals surface area contributed by atoms with Crippen molar-refractivity contribution in [3.8, 4) is 5.69 Å². The molecule has 0 aliphatic carbocycles. The van der Waals surface area contributed by atoms with Gasteiger partial charge in [-0.2, -0.15) is 0 Å². The summed E-state index contributed by atoms with van der Waals surface area (Å²) in [5.41, 5.74) is 3.81. The summed E-state index contributed by atoms with van der Waals surface area (Å²) in [5, 5.41) is 0. The fourth-order valence-corrected chi connectivity index (χ4v) is 3.30. The summed E-state index contributed by atoms with van der Waals surface area (Å²) in [6, 6.07) is 18.3. The van der Waals surface area contributed by atoms with E-state index < -0.39 is 17.7 Å². The fraction of sp³-hybridized carbons (Fsp3) is 0.130. The van der Waals surface area contributed by atoms with Crippen LogP contribution in [0, 0.1) is 11.6 Å². The molecule has 146 valence electrons. The van der Waals surface area contributed by atoms with Crippen molar-refractivity contribution in [2.45, 2.75) is 13.0 Å². The van der Waals surface area contributed by atoms with Gasteiger partial charge in [-0.05, 0) is 61.0 Å². The average Bonchev–Trinajstić information content (AvgIpc) is 3.18. The van der Waals surface area contributed by atoms with Gasteiger partial charge in [0.05, 0.1) is 17.1 Å². The number of aromatic nitrogens is 2. The van der Waals surface area contributed by atoms with E-state index in [4.69, 9.17) is 0 Å². The Bertz CT molecular complexity index is 1180. The van der Waals surface area contributed by atoms with Crippen LogP contribution in [-0.2, 0) is 0 Å². The van der Waals surface area contributed by atoms with E-state index in [1.807, 2.05) is 41.0 Å². The van der Waals surface area contributed by atoms with E-state index in [1.54, 1.807) is 32.4 Å². The first-order valence-electron chi connectivity index (χ1n) is 9.20. The molecule has 0 aliphatic heterocycles. The first kappa shape index (κ1) is 18.8. The first-order valence-corrected chi connectivity index (χ1v) is 9.20. The van der Waals surface area contributed by atoms with E-state index in [9.17, 15) is 13.6 Å². The second-order valence-corrected chi connectivity index (χ2v) is 6.92. The molecule has 1 heterocycles. The number of benzene rings is 3. The Balaban J connectivity index is 1.56. The lowest BCUT2D eigenvalue weighted by Gasteiger charge is -2.25. The molecule has 4 aromatic rings. The highest BCUT2D eigenvalue weighted by Crippen LogP contribution is 2.23. The molecule has 3 aromatic carbocycles. The molecular weight excluding hydrogens is 372 g/mol. The summed E-state index contributed by atoms with van der Waals surface area (Å²) in [4.78, 5) is 18.7. The predicted octanol–water partition coefficient (Wildman–Crippen LogP) is 5.14. The largest absolute Gasteiger partial charge is 0.335 e. The van der Waals surface area contributed by atoms with Gasteiger partial charge in [0.15, 0.2) is 11.6 Å². The number of halogens is 2. The molecule has 1 unspecified atom stereocenters. The number of rotatable bonds is 4. The summed E-state index contributed by atoms with van der Waals surface area (Å²) >= 11 is 0. The van der Waals surface area contributed by atoms with Crippen molar-refractivity contribution in [3.63, 3.8) is 0 Å². The first-order chi connectivity index (χ1) is 14.0. The number of carbonyl (C=O) groups is 1. The maximum Gasteiger partial charge on any atom is 0.254 e. The van der Waals surface area contributed by atoms with Gasteiger partial charge in [0.25, 0.3) is 5.91 Å². The standard InChI is InChI=1S/C23H19F2N3O/c1-15(17-9-12-19(24)20(25)13-17)27(2)23(29)16-7-10-18(11-8-16)28-14-26-21-5-3-4-6-22(21)28/h3-15H,1-2H3. The van der Waals surface area contributed by atoms with E-state index >= 15 is 0 Å². The van der Waals surface area contributed by atoms with Gasteiger partial charge in [-0.1, -0.05) is 18.2 Å². The molecule has 29 heavy (non-hydrogen) atoms. The van der Waals surface area contributed by atoms with Gasteiger partial charge in [-0.15, -0.1) is 0 Å². The summed E-state index contributed by atoms with van der Waals surface area (Å²) in [7, 11) is 1.64. The number of carbonyl (C=O) groups excluding carboxylic acids is 1. The Kier molecular flexibility index (Phi) is 4.84. The zero-order valence-corrected chi connectivity index (χ0v) is 16.0. The highest BCUT2D eigenvalue weighted by atomic mass is 19.2. The molecule has 1 aromatic heterocycles. The van der Waals surface area contributed by atoms with Gasteiger partial charge in [0.2, 0.25) is 0 Å². The van der Waals surface area contributed by atoms with E-state index in [0.29, 0.717) is 11.1 Å². The van der Waals surface area contributed by atoms with Crippen LogP contribution in [0.4, 0.5) is 8.78 Å². The van der Waals surface area contributed by atoms with Crippen LogP contribution in [0.1, 0.15) is 28.9 Å². The third-order valence-corrected chi connectivity index (χ3v) is 5.17. The maximum atomic E-state index is 13.5. The van der Waals surface area contributed by atoms with Crippen LogP contribution >= 0.6 is 0 Å². The predicted molar refractivity (Wildman–Crippen MR) is 108 cm³/mol. The monoisotopic (exact) mass is 391 g/mol. The lowest BCUT2D eigenvalue weighted by atomic mass is 10.1. The van der Waals surface area contributed by atoms with E-state index in [0.717, 1.165) is 28.9 Å². The van der Waals surface area contributed by atoms with E-state index in [-0.39, 0.29) is 5.91 Å². The molecule has 0 radical (unpaired) electrons. The summed E-state index contributed by atoms with van der Waals surface area (Å²) in [6.07, 6.45) is 1.75. The lowest BCUT2D eigenvalue weighted by Crippen LogP contribution is -2.29. The average molecular weight is 391 g/mol. The number of amides is 1. The molecule has 1 atom stereocenters. The van der Waals surface area contributed by atoms with Crippen molar-refractivity contribution >= 4 is 16.9 Å². The van der Waals surface area contributed by atoms with E-state index in [1.165, 1.54) is 11.0 Å². The molecule has 1 amide bonds. The SMILES string of the molecule is CC(c1ccc(F)c(F)c1)N(C)C(=O)c1ccc(-n2cnc3ccccc32)cc1. The number of hydrogen-bond acceptors (Lipinski definition) is 2. The minimum absolute atomic E-state index is 0.204. The molecule has 0 fully saturated rings. The Morgan fingerprint density at radius 3 is 2.45 bits per heavy atom. The molecule has 4 rings (SSSR count). The second kappa shape index (κ2) is 7.47. The Morgan fingerprint density at radius 1 is 1.00 bits per heavy atom. The molecule has 0 saturated carbocycles. The molecule has 0 saturated heterocycles. The van der Waals surface area contributed by atoms with Gasteiger partial charge in [-0.25, -0.2) is 13.8 Å². The Labute approximate surface area is 167 Å². The molecule has 4 nitrogen and oxygen atoms in total. The lowest BCUT2D eigenvalue weighted by molar-refractivity contribution is 0.0742. The van der Waals surface area contributed by atoms with Gasteiger partial charge in [-0.3, -0.25) is 9.36 Å². The quantitative estimate of drug-likeness (QED) is 0.483. The van der Waals surface area contributed by atoms with Crippen molar-refractivity contribution in [3.05, 3.63) is 95.8 Å². The number of imidazole rings is 1. The zero-order chi connectivity index (χ0) is 20.5. The van der Waals surface area contributed by atoms with Crippen LogP contribution in [-0.4, -0.2) is 27.4 Å². The second-order valence-electron chi connectivity index (χ2n) is 6.92. The van der Waals surface area contributed by atoms with Crippen molar-refractivity contribution in [1.29, 1.82) is 0 Å². The minimum Gasteiger partial charge on any atom is -0.335 e. The fourth-order valence-electron chi connectivity index (χ4n) is 3.30. The van der Waals surface area contributed by atoms with Crippen LogP contribution in [0.5, 0.6) is 0 Å². The number of hydrogen-bond donors (Lipinski definition) is 0. The van der Waals surface area contributed by atoms with Crippen LogP contribution in [0.2, 0.25) is 0 Å². The molecule has 0 N–H and O–H groups in total. The summed E-state index contributed by atoms with van der Waals surface area (Å²) in [6.45, 7) is 1.77. The summed E-state index contributed by atoms with van der Waals surface area (Å²) < 4.78 is 28.7.